The van der Waals surface area contributed by atoms with Crippen molar-refractivity contribution < 1.29 is 42.5 Å². The number of carbonyl (C=O) groups is 2. The van der Waals surface area contributed by atoms with Gasteiger partial charge in [-0.25, -0.2) is 9.59 Å². The molecule has 4 aliphatic rings. The Morgan fingerprint density at radius 3 is 2.16 bits per heavy atom. The molecule has 0 unspecified atom stereocenters. The van der Waals surface area contributed by atoms with Crippen LogP contribution in [0.2, 0.25) is 0 Å². The lowest BCUT2D eigenvalue weighted by Crippen LogP contribution is -2.48. The number of alkyl halides is 2. The molecule has 0 atom stereocenters. The van der Waals surface area contributed by atoms with Gasteiger partial charge in [-0.3, -0.25) is 5.04 Å². The van der Waals surface area contributed by atoms with E-state index in [0.29, 0.717) is 17.8 Å². The van der Waals surface area contributed by atoms with Gasteiger partial charge in [0, 0.05) is 5.41 Å². The minimum Gasteiger partial charge on any atom is -0.691 e. The van der Waals surface area contributed by atoms with Crippen LogP contribution in [-0.4, -0.2) is 30.4 Å². The van der Waals surface area contributed by atoms with E-state index in [9.17, 15) is 23.6 Å². The van der Waals surface area contributed by atoms with Crippen LogP contribution in [0.25, 0.3) is 0 Å². The topological polar surface area (TPSA) is 94.1 Å². The molecular formula is C15H19F2O7S-. The predicted octanol–water partition coefficient (Wildman–Crippen LogP) is 1.75. The van der Waals surface area contributed by atoms with Crippen LogP contribution in [0.5, 0.6) is 0 Å². The van der Waals surface area contributed by atoms with Gasteiger partial charge in [-0.05, 0) is 56.3 Å². The summed E-state index contributed by atoms with van der Waals surface area (Å²) in [5, 5.41) is 8.09. The van der Waals surface area contributed by atoms with E-state index in [0.717, 1.165) is 19.3 Å². The Balaban J connectivity index is 1.42. The van der Waals surface area contributed by atoms with Gasteiger partial charge >= 0.3 is 17.2 Å². The first kappa shape index (κ1) is 18.8. The number of halogens is 2. The van der Waals surface area contributed by atoms with Gasteiger partial charge in [-0.15, -0.1) is 0 Å². The summed E-state index contributed by atoms with van der Waals surface area (Å²) in [6.07, 6.45) is 6.88. The number of esters is 2. The van der Waals surface area contributed by atoms with Gasteiger partial charge in [0.1, 0.15) is 12.0 Å². The fourth-order valence-electron chi connectivity index (χ4n) is 5.04. The smallest absolute Gasteiger partial charge is 0.415 e. The van der Waals surface area contributed by atoms with Crippen molar-refractivity contribution in [2.75, 3.05) is 13.2 Å². The zero-order valence-electron chi connectivity index (χ0n) is 13.4. The van der Waals surface area contributed by atoms with Crippen molar-refractivity contribution in [2.24, 2.45) is 23.2 Å². The normalized spacial score (nSPS) is 33.3. The Hall–Kier alpha value is -0.970. The van der Waals surface area contributed by atoms with Gasteiger partial charge in [0.05, 0.1) is 6.61 Å². The Morgan fingerprint density at radius 1 is 1.08 bits per heavy atom. The molecule has 0 aromatic rings. The fourth-order valence-corrected chi connectivity index (χ4v) is 5.28. The minimum atomic E-state index is -4.16. The summed E-state index contributed by atoms with van der Waals surface area (Å²) in [5.74, 6) is -0.794. The standard InChI is InChI=1S/C15H20F2O7S/c16-15(17,25-24-23-20)13(19)21-7-12(18)22-8-14-4-9-1-10(5-14)3-11(2-9)6-14/h9-11,20H,1-8H2/p-1. The maximum absolute atomic E-state index is 13.1. The lowest BCUT2D eigenvalue weighted by molar-refractivity contribution is -0.777. The first-order chi connectivity index (χ1) is 11.8. The minimum absolute atomic E-state index is 0.00644. The molecule has 0 radical (unpaired) electrons. The van der Waals surface area contributed by atoms with Gasteiger partial charge < -0.3 is 14.7 Å². The molecule has 142 valence electrons. The van der Waals surface area contributed by atoms with Gasteiger partial charge in [-0.1, -0.05) is 0 Å². The molecule has 0 aromatic carbocycles. The largest absolute Gasteiger partial charge is 0.691 e. The van der Waals surface area contributed by atoms with Crippen LogP contribution in [0.1, 0.15) is 38.5 Å². The molecule has 0 amide bonds. The van der Waals surface area contributed by atoms with E-state index in [1.807, 2.05) is 0 Å². The molecule has 0 aromatic heterocycles. The number of rotatable bonds is 8. The molecule has 0 aliphatic heterocycles. The highest BCUT2D eigenvalue weighted by Gasteiger charge is 2.51. The van der Waals surface area contributed by atoms with E-state index in [-0.39, 0.29) is 12.0 Å². The molecule has 0 spiro atoms. The zero-order chi connectivity index (χ0) is 18.1. The summed E-state index contributed by atoms with van der Waals surface area (Å²) in [5.41, 5.74) is -0.00644. The third-order valence-electron chi connectivity index (χ3n) is 5.43. The monoisotopic (exact) mass is 381 g/mol. The Labute approximate surface area is 147 Å². The van der Waals surface area contributed by atoms with Crippen molar-refractivity contribution in [3.05, 3.63) is 0 Å². The molecule has 4 saturated carbocycles. The summed E-state index contributed by atoms with van der Waals surface area (Å²) >= 11 is -0.804. The van der Waals surface area contributed by atoms with Gasteiger partial charge in [-0.2, -0.15) is 13.1 Å². The van der Waals surface area contributed by atoms with Crippen molar-refractivity contribution in [1.82, 2.24) is 0 Å². The van der Waals surface area contributed by atoms with Crippen LogP contribution in [0.15, 0.2) is 0 Å². The highest BCUT2D eigenvalue weighted by atomic mass is 32.2. The molecule has 10 heteroatoms. The highest BCUT2D eigenvalue weighted by molar-refractivity contribution is 7.96. The first-order valence-electron chi connectivity index (χ1n) is 8.17. The van der Waals surface area contributed by atoms with Crippen molar-refractivity contribution >= 4 is 24.0 Å². The number of ether oxygens (including phenoxy) is 2. The molecule has 7 nitrogen and oxygen atoms in total. The third-order valence-corrected chi connectivity index (χ3v) is 5.93. The summed E-state index contributed by atoms with van der Waals surface area (Å²) in [6.45, 7) is -0.676. The average Bonchev–Trinajstić information content (AvgIpc) is 2.55. The lowest BCUT2D eigenvalue weighted by Gasteiger charge is -2.56. The maximum atomic E-state index is 13.1. The molecule has 4 aliphatic carbocycles. The SMILES string of the molecule is O=C(COC(=O)C(F)(F)SOO[O-])OCC12CC3CC(CC(C3)C1)C2. The fraction of sp³-hybridized carbons (Fsp3) is 0.867. The van der Waals surface area contributed by atoms with Gasteiger partial charge in [0.15, 0.2) is 6.61 Å². The molecule has 0 saturated heterocycles. The van der Waals surface area contributed by atoms with Gasteiger partial charge in [0.25, 0.3) is 0 Å². The van der Waals surface area contributed by atoms with Crippen LogP contribution < -0.4 is 5.26 Å². The summed E-state index contributed by atoms with van der Waals surface area (Å²) in [4.78, 5) is 22.9. The Bertz CT molecular complexity index is 493. The second-order valence-electron chi connectivity index (χ2n) is 7.39. The second-order valence-corrected chi connectivity index (χ2v) is 8.21. The van der Waals surface area contributed by atoms with Crippen molar-refractivity contribution in [3.63, 3.8) is 0 Å². The van der Waals surface area contributed by atoms with Crippen LogP contribution >= 0.6 is 12.0 Å². The number of hydrogen-bond donors (Lipinski definition) is 0. The van der Waals surface area contributed by atoms with Crippen LogP contribution in [0.3, 0.4) is 0 Å². The molecule has 4 fully saturated rings. The Morgan fingerprint density at radius 2 is 1.64 bits per heavy atom. The average molecular weight is 381 g/mol. The van der Waals surface area contributed by atoms with E-state index in [2.05, 4.69) is 14.1 Å². The van der Waals surface area contributed by atoms with E-state index in [1.54, 1.807) is 0 Å². The van der Waals surface area contributed by atoms with E-state index < -0.39 is 35.8 Å². The molecule has 0 heterocycles. The quantitative estimate of drug-likeness (QED) is 0.272. The van der Waals surface area contributed by atoms with Crippen LogP contribution in [0, 0.1) is 23.2 Å². The zero-order valence-corrected chi connectivity index (χ0v) is 14.2. The lowest BCUT2D eigenvalue weighted by atomic mass is 9.50. The summed E-state index contributed by atoms with van der Waals surface area (Å²) in [7, 11) is 0. The second kappa shape index (κ2) is 7.34. The van der Waals surface area contributed by atoms with E-state index in [4.69, 9.17) is 4.74 Å². The van der Waals surface area contributed by atoms with Crippen molar-refractivity contribution in [2.45, 2.75) is 43.8 Å². The summed E-state index contributed by atoms with van der Waals surface area (Å²) in [6, 6.07) is 0. The summed E-state index contributed by atoms with van der Waals surface area (Å²) < 4.78 is 39.1. The van der Waals surface area contributed by atoms with Crippen molar-refractivity contribution in [1.29, 1.82) is 0 Å². The van der Waals surface area contributed by atoms with Crippen LogP contribution in [0.4, 0.5) is 8.78 Å². The molecule has 25 heavy (non-hydrogen) atoms. The van der Waals surface area contributed by atoms with E-state index in [1.165, 1.54) is 19.3 Å². The Kier molecular flexibility index (Phi) is 5.52. The van der Waals surface area contributed by atoms with Gasteiger partial charge in [0.2, 0.25) is 0 Å². The van der Waals surface area contributed by atoms with Crippen molar-refractivity contribution in [3.8, 4) is 0 Å². The number of carbonyl (C=O) groups excluding carboxylic acids is 2. The first-order valence-corrected chi connectivity index (χ1v) is 8.91. The van der Waals surface area contributed by atoms with Crippen LogP contribution in [-0.2, 0) is 28.4 Å². The third kappa shape index (κ3) is 4.42. The highest BCUT2D eigenvalue weighted by Crippen LogP contribution is 2.60. The molecule has 4 bridgehead atoms. The molecular weight excluding hydrogens is 362 g/mol. The maximum Gasteiger partial charge on any atom is 0.415 e. The number of hydrogen-bond acceptors (Lipinski definition) is 8. The molecule has 0 N–H and O–H groups in total. The predicted molar refractivity (Wildman–Crippen MR) is 77.2 cm³/mol. The molecule has 4 rings (SSSR count). The van der Waals surface area contributed by atoms with E-state index >= 15 is 0 Å².